The lowest BCUT2D eigenvalue weighted by molar-refractivity contribution is -0.136. The second kappa shape index (κ2) is 8.20. The van der Waals surface area contributed by atoms with Crippen LogP contribution in [0.4, 0.5) is 10.6 Å². The van der Waals surface area contributed by atoms with Gasteiger partial charge in [0.25, 0.3) is 0 Å². The fourth-order valence-electron chi connectivity index (χ4n) is 3.62. The van der Waals surface area contributed by atoms with Crippen molar-refractivity contribution in [3.63, 3.8) is 0 Å². The number of aryl methyl sites for hydroxylation is 1. The van der Waals surface area contributed by atoms with Crippen molar-refractivity contribution in [1.29, 1.82) is 0 Å². The third-order valence-electron chi connectivity index (χ3n) is 5.06. The third kappa shape index (κ3) is 4.05. The number of amides is 3. The van der Waals surface area contributed by atoms with Gasteiger partial charge in [-0.15, -0.1) is 0 Å². The number of hydrogen-bond donors (Lipinski definition) is 1. The lowest BCUT2D eigenvalue weighted by Crippen LogP contribution is -2.48. The molecule has 0 aromatic carbocycles. The van der Waals surface area contributed by atoms with Gasteiger partial charge in [0, 0.05) is 40.4 Å². The van der Waals surface area contributed by atoms with E-state index < -0.39 is 12.3 Å². The molecule has 0 atom stereocenters. The molecule has 9 heteroatoms. The molecule has 1 aromatic rings. The van der Waals surface area contributed by atoms with Gasteiger partial charge < -0.3 is 20.1 Å². The summed E-state index contributed by atoms with van der Waals surface area (Å²) in [6, 6.07) is 1.48. The van der Waals surface area contributed by atoms with Gasteiger partial charge in [0.15, 0.2) is 0 Å². The summed E-state index contributed by atoms with van der Waals surface area (Å²) in [4.78, 5) is 34.2. The molecule has 0 aliphatic carbocycles. The minimum atomic E-state index is -0.690. The molecule has 2 aliphatic rings. The number of likely N-dealkylation sites (N-methyl/N-ethyl adjacent to an activating group) is 1. The molecule has 0 spiro atoms. The van der Waals surface area contributed by atoms with Crippen molar-refractivity contribution >= 4 is 17.8 Å². The first kappa shape index (κ1) is 19.5. The Labute approximate surface area is 159 Å². The fourth-order valence-corrected chi connectivity index (χ4v) is 3.62. The van der Waals surface area contributed by atoms with E-state index in [4.69, 9.17) is 20.2 Å². The van der Waals surface area contributed by atoms with Gasteiger partial charge in [0.1, 0.15) is 11.5 Å². The van der Waals surface area contributed by atoms with Crippen LogP contribution < -0.4 is 10.6 Å². The number of ether oxygens (including phenoxy) is 2. The minimum absolute atomic E-state index is 0.0811. The molecular weight excluding hydrogens is 350 g/mol. The molecule has 3 amide bonds. The second-order valence-electron chi connectivity index (χ2n) is 6.97. The lowest BCUT2D eigenvalue weighted by atomic mass is 10.0. The van der Waals surface area contributed by atoms with E-state index in [0.29, 0.717) is 37.7 Å². The van der Waals surface area contributed by atoms with Crippen molar-refractivity contribution in [3.05, 3.63) is 22.9 Å². The van der Waals surface area contributed by atoms with E-state index in [1.54, 1.807) is 0 Å². The largest absolute Gasteiger partial charge is 0.351 e. The van der Waals surface area contributed by atoms with E-state index >= 15 is 0 Å². The first-order valence-electron chi connectivity index (χ1n) is 9.06. The number of methoxy groups -OCH3 is 2. The Balaban J connectivity index is 1.99. The predicted molar refractivity (Wildman–Crippen MR) is 99.2 cm³/mol. The molecule has 0 bridgehead atoms. The second-order valence-corrected chi connectivity index (χ2v) is 6.97. The van der Waals surface area contributed by atoms with Crippen molar-refractivity contribution in [2.75, 3.05) is 52.3 Å². The summed E-state index contributed by atoms with van der Waals surface area (Å²) in [7, 11) is 5.00. The Bertz CT molecular complexity index is 722. The van der Waals surface area contributed by atoms with Crippen molar-refractivity contribution in [2.45, 2.75) is 25.7 Å². The Morgan fingerprint density at radius 2 is 2.04 bits per heavy atom. The van der Waals surface area contributed by atoms with Gasteiger partial charge in [-0.1, -0.05) is 0 Å². The molecular formula is C18H27N5O4. The Morgan fingerprint density at radius 3 is 2.67 bits per heavy atom. The van der Waals surface area contributed by atoms with Crippen LogP contribution in [-0.4, -0.2) is 74.2 Å². The maximum absolute atomic E-state index is 12.4. The van der Waals surface area contributed by atoms with Gasteiger partial charge in [-0.05, 0) is 37.1 Å². The van der Waals surface area contributed by atoms with Gasteiger partial charge in [-0.25, -0.2) is 9.78 Å². The number of piperazine rings is 1. The fraction of sp³-hybridized carbons (Fsp3) is 0.611. The summed E-state index contributed by atoms with van der Waals surface area (Å²) in [6.07, 6.45) is 0.937. The molecule has 2 N–H and O–H groups in total. The molecule has 1 aromatic heterocycles. The molecule has 0 radical (unpaired) electrons. The van der Waals surface area contributed by atoms with Gasteiger partial charge in [0.2, 0.25) is 12.2 Å². The van der Waals surface area contributed by atoms with Crippen LogP contribution in [0.1, 0.15) is 29.5 Å². The smallest absolute Gasteiger partial charge is 0.320 e. The first-order chi connectivity index (χ1) is 12.9. The summed E-state index contributed by atoms with van der Waals surface area (Å²) in [5.74, 6) is 0.633. The summed E-state index contributed by atoms with van der Waals surface area (Å²) in [6.45, 7) is 2.86. The number of rotatable bonds is 5. The van der Waals surface area contributed by atoms with E-state index in [1.807, 2.05) is 22.9 Å². The Kier molecular flexibility index (Phi) is 5.93. The number of nitrogens with zero attached hydrogens (tertiary/aromatic N) is 4. The topological polar surface area (TPSA) is 101 Å². The van der Waals surface area contributed by atoms with E-state index in [9.17, 15) is 9.59 Å². The van der Waals surface area contributed by atoms with Gasteiger partial charge in [0.05, 0.1) is 6.54 Å². The molecule has 2 aliphatic heterocycles. The number of pyridine rings is 1. The molecule has 0 unspecified atom stereocenters. The van der Waals surface area contributed by atoms with Crippen LogP contribution in [0.2, 0.25) is 0 Å². The van der Waals surface area contributed by atoms with Crippen molar-refractivity contribution in [1.82, 2.24) is 14.8 Å². The molecule has 1 saturated heterocycles. The number of nitrogens with two attached hydrogens (primary N) is 1. The highest BCUT2D eigenvalue weighted by molar-refractivity contribution is 5.91. The third-order valence-corrected chi connectivity index (χ3v) is 5.06. The molecule has 27 heavy (non-hydrogen) atoms. The monoisotopic (exact) mass is 377 g/mol. The van der Waals surface area contributed by atoms with E-state index in [1.165, 1.54) is 19.1 Å². The van der Waals surface area contributed by atoms with Crippen molar-refractivity contribution < 1.29 is 19.1 Å². The SMILES string of the molecule is COC(OC)c1nc2c(cc1CN1CCN(C)CC1=O)CCCN2C(N)=O. The normalized spacial score (nSPS) is 18.1. The van der Waals surface area contributed by atoms with Crippen LogP contribution in [0.25, 0.3) is 0 Å². The van der Waals surface area contributed by atoms with Gasteiger partial charge in [-0.3, -0.25) is 14.6 Å². The summed E-state index contributed by atoms with van der Waals surface area (Å²) < 4.78 is 10.8. The zero-order valence-electron chi connectivity index (χ0n) is 16.1. The highest BCUT2D eigenvalue weighted by atomic mass is 16.7. The molecule has 9 nitrogen and oxygen atoms in total. The number of carbonyl (C=O) groups is 2. The lowest BCUT2D eigenvalue weighted by Gasteiger charge is -2.34. The van der Waals surface area contributed by atoms with Crippen LogP contribution in [0.3, 0.4) is 0 Å². The summed E-state index contributed by atoms with van der Waals surface area (Å²) in [5.41, 5.74) is 7.90. The Hall–Kier alpha value is -2.23. The van der Waals surface area contributed by atoms with Crippen LogP contribution in [0.5, 0.6) is 0 Å². The number of urea groups is 1. The number of aromatic nitrogens is 1. The summed E-state index contributed by atoms with van der Waals surface area (Å²) in [5, 5.41) is 0. The van der Waals surface area contributed by atoms with Crippen LogP contribution in [-0.2, 0) is 27.2 Å². The average Bonchev–Trinajstić information content (AvgIpc) is 2.64. The minimum Gasteiger partial charge on any atom is -0.351 e. The zero-order valence-corrected chi connectivity index (χ0v) is 16.1. The van der Waals surface area contributed by atoms with Crippen molar-refractivity contribution in [3.8, 4) is 0 Å². The van der Waals surface area contributed by atoms with Crippen molar-refractivity contribution in [2.24, 2.45) is 5.73 Å². The average molecular weight is 377 g/mol. The van der Waals surface area contributed by atoms with Crippen LogP contribution in [0, 0.1) is 0 Å². The quantitative estimate of drug-likeness (QED) is 0.749. The van der Waals surface area contributed by atoms with Gasteiger partial charge in [-0.2, -0.15) is 0 Å². The molecule has 1 fully saturated rings. The highest BCUT2D eigenvalue weighted by Crippen LogP contribution is 2.31. The number of fused-ring (bicyclic) bond motifs is 1. The maximum Gasteiger partial charge on any atom is 0.320 e. The Morgan fingerprint density at radius 1 is 1.30 bits per heavy atom. The predicted octanol–water partition coefficient (Wildman–Crippen LogP) is 0.478. The summed E-state index contributed by atoms with van der Waals surface area (Å²) >= 11 is 0. The van der Waals surface area contributed by atoms with Gasteiger partial charge >= 0.3 is 6.03 Å². The standard InChI is InChI=1S/C18H27N5O4/c1-21-7-8-22(14(24)11-21)10-13-9-12-5-4-6-23(18(19)25)16(12)20-15(13)17(26-2)27-3/h9,17H,4-8,10-11H2,1-3H3,(H2,19,25). The van der Waals surface area contributed by atoms with E-state index in [-0.39, 0.29) is 5.91 Å². The number of anilines is 1. The molecule has 3 heterocycles. The zero-order chi connectivity index (χ0) is 19.6. The van der Waals surface area contributed by atoms with Crippen LogP contribution in [0.15, 0.2) is 6.07 Å². The van der Waals surface area contributed by atoms with E-state index in [0.717, 1.165) is 30.5 Å². The first-order valence-corrected chi connectivity index (χ1v) is 9.06. The number of carbonyl (C=O) groups excluding carboxylic acids is 2. The van der Waals surface area contributed by atoms with E-state index in [2.05, 4.69) is 0 Å². The maximum atomic E-state index is 12.4. The highest BCUT2D eigenvalue weighted by Gasteiger charge is 2.29. The number of primary amides is 1. The molecule has 3 rings (SSSR count). The molecule has 148 valence electrons. The molecule has 0 saturated carbocycles. The van der Waals surface area contributed by atoms with Crippen LogP contribution >= 0.6 is 0 Å². The number of hydrogen-bond acceptors (Lipinski definition) is 6.